The summed E-state index contributed by atoms with van der Waals surface area (Å²) >= 11 is 12.0. The number of rotatable bonds is 8. The van der Waals surface area contributed by atoms with Gasteiger partial charge in [-0.05, 0) is 35.9 Å². The second-order valence-corrected chi connectivity index (χ2v) is 8.34. The lowest BCUT2D eigenvalue weighted by Gasteiger charge is -2.19. The molecule has 1 aliphatic rings. The van der Waals surface area contributed by atoms with Crippen LogP contribution in [0, 0.1) is 0 Å². The highest BCUT2D eigenvalue weighted by Crippen LogP contribution is 2.25. The first kappa shape index (κ1) is 25.3. The molecule has 5 N–H and O–H groups in total. The van der Waals surface area contributed by atoms with Crippen molar-refractivity contribution in [2.45, 2.75) is 18.6 Å². The van der Waals surface area contributed by atoms with Gasteiger partial charge in [-0.2, -0.15) is 0 Å². The van der Waals surface area contributed by atoms with Crippen LogP contribution in [0.2, 0.25) is 10.0 Å². The molecule has 0 fully saturated rings. The predicted octanol–water partition coefficient (Wildman–Crippen LogP) is 2.58. The molecule has 2 atom stereocenters. The number of guanidine groups is 1. The van der Waals surface area contributed by atoms with Crippen molar-refractivity contribution < 1.29 is 23.9 Å². The number of nitrogens with zero attached hydrogens (tertiary/aromatic N) is 1. The van der Waals surface area contributed by atoms with Crippen molar-refractivity contribution in [1.82, 2.24) is 16.0 Å². The van der Waals surface area contributed by atoms with E-state index < -0.39 is 24.0 Å². The fraction of sp³-hybridized carbons (Fsp3) is 0.273. The van der Waals surface area contributed by atoms with E-state index >= 15 is 0 Å². The summed E-state index contributed by atoms with van der Waals surface area (Å²) in [5.74, 6) is -1.04. The SMILES string of the molecule is O=CC[C@@H](NC(=O)CNC(=O)c1cc(O)cc(NC2=NCC(F)CN2)c1)c1cc(Cl)cc(Cl)c1. The van der Waals surface area contributed by atoms with Gasteiger partial charge in [-0.15, -0.1) is 0 Å². The van der Waals surface area contributed by atoms with Gasteiger partial charge in [-0.25, -0.2) is 9.38 Å². The number of aromatic hydroxyl groups is 1. The summed E-state index contributed by atoms with van der Waals surface area (Å²) in [5, 5.41) is 21.4. The van der Waals surface area contributed by atoms with Crippen LogP contribution in [0.1, 0.15) is 28.4 Å². The van der Waals surface area contributed by atoms with Crippen molar-refractivity contribution in [3.63, 3.8) is 0 Å². The van der Waals surface area contributed by atoms with Crippen LogP contribution in [0.5, 0.6) is 5.75 Å². The Morgan fingerprint density at radius 2 is 1.94 bits per heavy atom. The van der Waals surface area contributed by atoms with E-state index in [1.165, 1.54) is 24.3 Å². The third-order valence-electron chi connectivity index (χ3n) is 4.75. The van der Waals surface area contributed by atoms with Crippen LogP contribution >= 0.6 is 23.2 Å². The Bertz CT molecular complexity index is 1090. The average molecular weight is 510 g/mol. The molecule has 2 amide bonds. The Hall–Kier alpha value is -3.37. The smallest absolute Gasteiger partial charge is 0.251 e. The Labute approximate surface area is 204 Å². The minimum absolute atomic E-state index is 0.00307. The van der Waals surface area contributed by atoms with E-state index in [1.54, 1.807) is 12.1 Å². The number of phenols is 1. The minimum Gasteiger partial charge on any atom is -0.508 e. The van der Waals surface area contributed by atoms with E-state index in [0.29, 0.717) is 33.5 Å². The standard InChI is InChI=1S/C22H22Cl2FN5O4/c23-14-3-12(4-15(24)7-14)19(1-2-31)30-20(33)11-26-21(34)13-5-17(8-18(32)6-13)29-22-27-9-16(25)10-28-22/h2-8,16,19,32H,1,9-11H2,(H,26,34)(H,30,33)(H2,27,28,29)/t19-/m1/s1. The van der Waals surface area contributed by atoms with Gasteiger partial charge in [0.25, 0.3) is 5.91 Å². The molecule has 34 heavy (non-hydrogen) atoms. The number of amides is 2. The van der Waals surface area contributed by atoms with E-state index in [9.17, 15) is 23.9 Å². The molecule has 1 heterocycles. The monoisotopic (exact) mass is 509 g/mol. The van der Waals surface area contributed by atoms with Crippen LogP contribution in [-0.4, -0.2) is 55.0 Å². The molecule has 180 valence electrons. The minimum atomic E-state index is -1.08. The highest BCUT2D eigenvalue weighted by molar-refractivity contribution is 6.34. The first-order valence-corrected chi connectivity index (χ1v) is 11.0. The van der Waals surface area contributed by atoms with Gasteiger partial charge in [-0.1, -0.05) is 23.2 Å². The van der Waals surface area contributed by atoms with Crippen molar-refractivity contribution in [1.29, 1.82) is 0 Å². The molecule has 2 aromatic carbocycles. The van der Waals surface area contributed by atoms with Gasteiger partial charge in [0, 0.05) is 33.8 Å². The Balaban J connectivity index is 1.61. The van der Waals surface area contributed by atoms with Crippen molar-refractivity contribution in [3.05, 3.63) is 57.6 Å². The lowest BCUT2D eigenvalue weighted by atomic mass is 10.0. The maximum atomic E-state index is 13.2. The predicted molar refractivity (Wildman–Crippen MR) is 127 cm³/mol. The topological polar surface area (TPSA) is 132 Å². The number of phenolic OH excluding ortho intramolecular Hbond substituents is 1. The molecule has 12 heteroatoms. The van der Waals surface area contributed by atoms with E-state index in [1.807, 2.05) is 0 Å². The fourth-order valence-corrected chi connectivity index (χ4v) is 3.75. The summed E-state index contributed by atoms with van der Waals surface area (Å²) in [6.45, 7) is -0.282. The number of nitrogens with one attached hydrogen (secondary N) is 4. The maximum absolute atomic E-state index is 13.2. The highest BCUT2D eigenvalue weighted by atomic mass is 35.5. The Morgan fingerprint density at radius 1 is 1.21 bits per heavy atom. The van der Waals surface area contributed by atoms with Crippen molar-refractivity contribution in [2.75, 3.05) is 25.0 Å². The first-order chi connectivity index (χ1) is 16.2. The Kier molecular flexibility index (Phi) is 8.67. The van der Waals surface area contributed by atoms with Crippen molar-refractivity contribution >= 4 is 52.9 Å². The van der Waals surface area contributed by atoms with E-state index in [2.05, 4.69) is 26.3 Å². The van der Waals surface area contributed by atoms with Crippen LogP contribution in [0.15, 0.2) is 41.4 Å². The molecular weight excluding hydrogens is 488 g/mol. The molecule has 9 nitrogen and oxygen atoms in total. The molecule has 0 aromatic heterocycles. The molecule has 1 unspecified atom stereocenters. The summed E-state index contributed by atoms with van der Waals surface area (Å²) < 4.78 is 13.2. The maximum Gasteiger partial charge on any atom is 0.251 e. The van der Waals surface area contributed by atoms with Crippen LogP contribution in [0.25, 0.3) is 0 Å². The van der Waals surface area contributed by atoms with Gasteiger partial charge in [0.1, 0.15) is 18.2 Å². The zero-order valence-electron chi connectivity index (χ0n) is 17.8. The zero-order chi connectivity index (χ0) is 24.7. The van der Waals surface area contributed by atoms with Gasteiger partial charge < -0.3 is 31.2 Å². The van der Waals surface area contributed by atoms with Gasteiger partial charge >= 0.3 is 0 Å². The van der Waals surface area contributed by atoms with E-state index in [4.69, 9.17) is 23.2 Å². The van der Waals surface area contributed by atoms with Gasteiger partial charge in [-0.3, -0.25) is 9.59 Å². The first-order valence-electron chi connectivity index (χ1n) is 10.2. The normalized spacial score (nSPS) is 16.0. The number of carbonyl (C=O) groups excluding carboxylic acids is 3. The summed E-state index contributed by atoms with van der Waals surface area (Å²) in [7, 11) is 0. The quantitative estimate of drug-likeness (QED) is 0.347. The second-order valence-electron chi connectivity index (χ2n) is 7.47. The average Bonchev–Trinajstić information content (AvgIpc) is 2.77. The van der Waals surface area contributed by atoms with Crippen molar-refractivity contribution in [3.8, 4) is 5.75 Å². The molecular formula is C22H22Cl2FN5O4. The van der Waals surface area contributed by atoms with Gasteiger partial charge in [0.15, 0.2) is 5.96 Å². The number of alkyl halides is 1. The number of hydrogen-bond donors (Lipinski definition) is 5. The highest BCUT2D eigenvalue weighted by Gasteiger charge is 2.18. The molecule has 2 aromatic rings. The zero-order valence-corrected chi connectivity index (χ0v) is 19.3. The van der Waals surface area contributed by atoms with Crippen LogP contribution in [0.4, 0.5) is 10.1 Å². The number of carbonyl (C=O) groups is 3. The summed E-state index contributed by atoms with van der Waals surface area (Å²) in [4.78, 5) is 40.0. The summed E-state index contributed by atoms with van der Waals surface area (Å²) in [6, 6.07) is 8.07. The molecule has 0 radical (unpaired) electrons. The number of halogens is 3. The molecule has 3 rings (SSSR count). The molecule has 0 aliphatic carbocycles. The molecule has 0 spiro atoms. The van der Waals surface area contributed by atoms with Gasteiger partial charge in [0.05, 0.1) is 25.7 Å². The molecule has 1 aliphatic heterocycles. The summed E-state index contributed by atoms with van der Waals surface area (Å²) in [5.41, 5.74) is 0.981. The number of aldehydes is 1. The number of hydrogen-bond acceptors (Lipinski definition) is 7. The van der Waals surface area contributed by atoms with Crippen LogP contribution in [-0.2, 0) is 9.59 Å². The lowest BCUT2D eigenvalue weighted by Crippen LogP contribution is -2.41. The molecule has 0 bridgehead atoms. The third-order valence-corrected chi connectivity index (χ3v) is 5.18. The lowest BCUT2D eigenvalue weighted by molar-refractivity contribution is -0.121. The number of anilines is 1. The molecule has 0 saturated heterocycles. The third kappa shape index (κ3) is 7.32. The Morgan fingerprint density at radius 3 is 2.59 bits per heavy atom. The largest absolute Gasteiger partial charge is 0.508 e. The molecule has 0 saturated carbocycles. The van der Waals surface area contributed by atoms with Crippen LogP contribution in [0.3, 0.4) is 0 Å². The number of aliphatic imine (C=N–C) groups is 1. The van der Waals surface area contributed by atoms with Crippen LogP contribution < -0.4 is 21.3 Å². The van der Waals surface area contributed by atoms with E-state index in [0.717, 1.165) is 0 Å². The van der Waals surface area contributed by atoms with Crippen molar-refractivity contribution in [2.24, 2.45) is 4.99 Å². The second kappa shape index (κ2) is 11.7. The number of benzene rings is 2. The van der Waals surface area contributed by atoms with Gasteiger partial charge in [0.2, 0.25) is 5.91 Å². The van der Waals surface area contributed by atoms with E-state index in [-0.39, 0.29) is 37.4 Å². The summed E-state index contributed by atoms with van der Waals surface area (Å²) in [6.07, 6.45) is -0.443. The fourth-order valence-electron chi connectivity index (χ4n) is 3.21.